The minimum Gasteiger partial charge on any atom is -0.347 e. The summed E-state index contributed by atoms with van der Waals surface area (Å²) in [6.45, 7) is 8.34. The molecule has 2 aromatic rings. The molecule has 7 heteroatoms. The maximum absolute atomic E-state index is 13.0. The van der Waals surface area contributed by atoms with Crippen LogP contribution < -0.4 is 10.6 Å². The van der Waals surface area contributed by atoms with E-state index in [0.29, 0.717) is 28.8 Å². The first-order valence-electron chi connectivity index (χ1n) is 9.26. The van der Waals surface area contributed by atoms with Crippen LogP contribution in [-0.2, 0) is 13.0 Å². The minimum absolute atomic E-state index is 0.000307. The second kappa shape index (κ2) is 7.72. The third kappa shape index (κ3) is 4.00. The lowest BCUT2D eigenvalue weighted by Crippen LogP contribution is -2.33. The Morgan fingerprint density at radius 2 is 1.93 bits per heavy atom. The summed E-state index contributed by atoms with van der Waals surface area (Å²) < 4.78 is 1.87. The number of imidazole rings is 1. The average Bonchev–Trinajstić information content (AvgIpc) is 2.97. The lowest BCUT2D eigenvalue weighted by atomic mass is 10.1. The van der Waals surface area contributed by atoms with Crippen molar-refractivity contribution in [2.45, 2.75) is 59.5 Å². The molecular formula is C20H25ClN4O2. The number of hydrogen-bond acceptors (Lipinski definition) is 3. The summed E-state index contributed by atoms with van der Waals surface area (Å²) in [5, 5.41) is 6.24. The van der Waals surface area contributed by atoms with Crippen molar-refractivity contribution in [2.75, 3.05) is 5.32 Å². The van der Waals surface area contributed by atoms with Gasteiger partial charge in [0.1, 0.15) is 0 Å². The van der Waals surface area contributed by atoms with Crippen LogP contribution in [0, 0.1) is 13.8 Å². The zero-order chi connectivity index (χ0) is 19.7. The van der Waals surface area contributed by atoms with Crippen molar-refractivity contribution >= 4 is 29.1 Å². The Kier molecular flexibility index (Phi) is 5.56. The maximum atomic E-state index is 13.0. The Labute approximate surface area is 164 Å². The summed E-state index contributed by atoms with van der Waals surface area (Å²) in [6, 6.07) is 3.78. The molecule has 0 bridgehead atoms. The molecule has 1 aliphatic rings. The topological polar surface area (TPSA) is 76.0 Å². The van der Waals surface area contributed by atoms with Crippen LogP contribution in [0.1, 0.15) is 64.6 Å². The van der Waals surface area contributed by atoms with E-state index in [1.54, 1.807) is 0 Å². The molecule has 0 saturated carbocycles. The zero-order valence-electron chi connectivity index (χ0n) is 16.1. The number of carbonyl (C=O) groups is 2. The molecule has 1 aromatic heterocycles. The molecule has 0 atom stereocenters. The van der Waals surface area contributed by atoms with E-state index in [2.05, 4.69) is 15.6 Å². The Hall–Kier alpha value is -2.34. The number of halogens is 1. The van der Waals surface area contributed by atoms with Gasteiger partial charge in [-0.25, -0.2) is 4.98 Å². The normalized spacial score (nSPS) is 13.4. The van der Waals surface area contributed by atoms with Crippen LogP contribution in [0.4, 0.5) is 5.69 Å². The molecule has 0 saturated heterocycles. The Morgan fingerprint density at radius 3 is 2.59 bits per heavy atom. The van der Waals surface area contributed by atoms with Crippen molar-refractivity contribution in [3.05, 3.63) is 45.5 Å². The number of aryl methyl sites for hydroxylation is 2. The van der Waals surface area contributed by atoms with Gasteiger partial charge in [-0.15, -0.1) is 0 Å². The number of carbonyl (C=O) groups excluding carboxylic acids is 2. The molecule has 0 spiro atoms. The quantitative estimate of drug-likeness (QED) is 0.834. The van der Waals surface area contributed by atoms with Crippen molar-refractivity contribution in [1.29, 1.82) is 0 Å². The van der Waals surface area contributed by atoms with Gasteiger partial charge >= 0.3 is 0 Å². The fourth-order valence-corrected chi connectivity index (χ4v) is 3.84. The lowest BCUT2D eigenvalue weighted by Gasteiger charge is -2.17. The summed E-state index contributed by atoms with van der Waals surface area (Å²) in [5.41, 5.74) is 3.62. The largest absolute Gasteiger partial charge is 0.347 e. The molecule has 144 valence electrons. The van der Waals surface area contributed by atoms with Crippen LogP contribution >= 0.6 is 11.6 Å². The predicted octanol–water partition coefficient (Wildman–Crippen LogP) is 3.88. The molecule has 0 unspecified atom stereocenters. The molecule has 27 heavy (non-hydrogen) atoms. The van der Waals surface area contributed by atoms with Gasteiger partial charge in [0.15, 0.2) is 11.5 Å². The Morgan fingerprint density at radius 1 is 1.19 bits per heavy atom. The number of nitrogens with one attached hydrogen (secondary N) is 2. The molecule has 0 fully saturated rings. The third-order valence-corrected chi connectivity index (χ3v) is 4.92. The van der Waals surface area contributed by atoms with E-state index in [1.807, 2.05) is 44.4 Å². The van der Waals surface area contributed by atoms with E-state index < -0.39 is 0 Å². The highest BCUT2D eigenvalue weighted by Crippen LogP contribution is 2.29. The molecule has 3 rings (SSSR count). The van der Waals surface area contributed by atoms with Gasteiger partial charge in [-0.3, -0.25) is 9.59 Å². The monoisotopic (exact) mass is 388 g/mol. The van der Waals surface area contributed by atoms with Crippen molar-refractivity contribution in [1.82, 2.24) is 14.9 Å². The number of nitrogens with zero attached hydrogens (tertiary/aromatic N) is 2. The van der Waals surface area contributed by atoms with Crippen molar-refractivity contribution in [2.24, 2.45) is 0 Å². The van der Waals surface area contributed by atoms with Gasteiger partial charge in [0, 0.05) is 12.6 Å². The van der Waals surface area contributed by atoms with Crippen LogP contribution in [0.2, 0.25) is 5.02 Å². The van der Waals surface area contributed by atoms with Gasteiger partial charge in [0.05, 0.1) is 16.4 Å². The van der Waals surface area contributed by atoms with Crippen LogP contribution in [0.15, 0.2) is 12.1 Å². The molecule has 0 aliphatic carbocycles. The van der Waals surface area contributed by atoms with Gasteiger partial charge in [-0.1, -0.05) is 17.7 Å². The first kappa shape index (κ1) is 19.4. The molecular weight excluding hydrogens is 364 g/mol. The van der Waals surface area contributed by atoms with Gasteiger partial charge in [0.25, 0.3) is 11.8 Å². The van der Waals surface area contributed by atoms with E-state index in [9.17, 15) is 9.59 Å². The van der Waals surface area contributed by atoms with E-state index in [1.165, 1.54) is 0 Å². The maximum Gasteiger partial charge on any atom is 0.287 e. The average molecular weight is 389 g/mol. The van der Waals surface area contributed by atoms with Gasteiger partial charge in [-0.05, 0) is 64.2 Å². The molecule has 2 heterocycles. The van der Waals surface area contributed by atoms with Crippen LogP contribution in [0.25, 0.3) is 0 Å². The molecule has 2 amide bonds. The lowest BCUT2D eigenvalue weighted by molar-refractivity contribution is 0.0927. The number of fused-ring (bicyclic) bond motifs is 1. The second-order valence-electron chi connectivity index (χ2n) is 7.36. The molecule has 1 aliphatic heterocycles. The number of hydrogen-bond donors (Lipinski definition) is 2. The zero-order valence-corrected chi connectivity index (χ0v) is 16.9. The smallest absolute Gasteiger partial charge is 0.287 e. The van der Waals surface area contributed by atoms with E-state index >= 15 is 0 Å². The van der Waals surface area contributed by atoms with Crippen molar-refractivity contribution < 1.29 is 9.59 Å². The van der Waals surface area contributed by atoms with Crippen LogP contribution in [0.3, 0.4) is 0 Å². The Balaban J connectivity index is 1.96. The summed E-state index contributed by atoms with van der Waals surface area (Å²) in [6.07, 6.45) is 2.67. The number of aromatic nitrogens is 2. The molecule has 1 aromatic carbocycles. The fourth-order valence-electron chi connectivity index (χ4n) is 3.47. The second-order valence-corrected chi connectivity index (χ2v) is 7.77. The highest BCUT2D eigenvalue weighted by atomic mass is 35.5. The summed E-state index contributed by atoms with van der Waals surface area (Å²) in [5.74, 6) is -0.287. The highest BCUT2D eigenvalue weighted by Gasteiger charge is 2.28. The summed E-state index contributed by atoms with van der Waals surface area (Å²) in [4.78, 5) is 29.9. The number of benzene rings is 1. The van der Waals surface area contributed by atoms with Crippen LogP contribution in [0.5, 0.6) is 0 Å². The van der Waals surface area contributed by atoms with E-state index in [0.717, 1.165) is 36.1 Å². The first-order valence-corrected chi connectivity index (χ1v) is 9.64. The van der Waals surface area contributed by atoms with Crippen molar-refractivity contribution in [3.63, 3.8) is 0 Å². The van der Waals surface area contributed by atoms with Crippen LogP contribution in [-0.4, -0.2) is 27.4 Å². The predicted molar refractivity (Wildman–Crippen MR) is 107 cm³/mol. The molecule has 2 N–H and O–H groups in total. The SMILES string of the molecule is Cc1cc(C)c(NC(=O)c2nc(C(=O)NC(C)C)n3c2CCCC3)c(Cl)c1. The number of rotatable bonds is 4. The highest BCUT2D eigenvalue weighted by molar-refractivity contribution is 6.34. The van der Waals surface area contributed by atoms with E-state index in [-0.39, 0.29) is 17.9 Å². The van der Waals surface area contributed by atoms with Crippen molar-refractivity contribution in [3.8, 4) is 0 Å². The minimum atomic E-state index is -0.335. The summed E-state index contributed by atoms with van der Waals surface area (Å²) in [7, 11) is 0. The number of amides is 2. The molecule has 6 nitrogen and oxygen atoms in total. The van der Waals surface area contributed by atoms with E-state index in [4.69, 9.17) is 11.6 Å². The van der Waals surface area contributed by atoms with Gasteiger partial charge in [0.2, 0.25) is 0 Å². The van der Waals surface area contributed by atoms with Gasteiger partial charge in [-0.2, -0.15) is 0 Å². The standard InChI is InChI=1S/C20H25ClN4O2/c1-11(2)22-20(27)18-23-17(15-7-5-6-8-25(15)18)19(26)24-16-13(4)9-12(3)10-14(16)21/h9-11H,5-8H2,1-4H3,(H,22,27)(H,24,26). The Bertz CT molecular complexity index is 879. The third-order valence-electron chi connectivity index (χ3n) is 4.63. The number of anilines is 1. The van der Waals surface area contributed by atoms with Gasteiger partial charge < -0.3 is 15.2 Å². The molecule has 0 radical (unpaired) electrons. The summed E-state index contributed by atoms with van der Waals surface area (Å²) >= 11 is 6.32. The first-order chi connectivity index (χ1) is 12.8. The fraction of sp³-hybridized carbons (Fsp3) is 0.450.